The first-order valence-corrected chi connectivity index (χ1v) is 9.06. The second-order valence-corrected chi connectivity index (χ2v) is 7.16. The minimum absolute atomic E-state index is 0.668. The first-order chi connectivity index (χ1) is 12.3. The molecule has 2 N–H and O–H groups in total. The number of likely N-dealkylation sites (tertiary alicyclic amines) is 1. The van der Waals surface area contributed by atoms with Crippen molar-refractivity contribution < 1.29 is 0 Å². The van der Waals surface area contributed by atoms with Crippen LogP contribution in [0, 0.1) is 0 Å². The van der Waals surface area contributed by atoms with Gasteiger partial charge in [0.2, 0.25) is 0 Å². The summed E-state index contributed by atoms with van der Waals surface area (Å²) in [5.74, 6) is 0.962. The normalized spacial score (nSPS) is 20.2. The highest BCUT2D eigenvalue weighted by Crippen LogP contribution is 2.36. The number of aromatic amines is 1. The second kappa shape index (κ2) is 5.77. The fourth-order valence-corrected chi connectivity index (χ4v) is 4.21. The lowest BCUT2D eigenvalue weighted by Crippen LogP contribution is -2.26. The van der Waals surface area contributed by atoms with Crippen molar-refractivity contribution in [3.05, 3.63) is 48.3 Å². The van der Waals surface area contributed by atoms with E-state index in [1.165, 1.54) is 41.5 Å². The molecule has 0 amide bonds. The molecule has 5 heteroatoms. The van der Waals surface area contributed by atoms with Gasteiger partial charge >= 0.3 is 0 Å². The first kappa shape index (κ1) is 14.8. The number of rotatable bonds is 3. The van der Waals surface area contributed by atoms with Crippen molar-refractivity contribution in [3.8, 4) is 0 Å². The summed E-state index contributed by atoms with van der Waals surface area (Å²) in [6.45, 7) is 1.99. The predicted molar refractivity (Wildman–Crippen MR) is 103 cm³/mol. The molecule has 0 bridgehead atoms. The highest BCUT2D eigenvalue weighted by Gasteiger charge is 2.23. The van der Waals surface area contributed by atoms with Gasteiger partial charge in [-0.05, 0) is 68.8 Å². The molecular formula is C20H23N5. The molecule has 0 spiro atoms. The van der Waals surface area contributed by atoms with Gasteiger partial charge in [-0.3, -0.25) is 0 Å². The Hall–Kier alpha value is -2.53. The van der Waals surface area contributed by atoms with Gasteiger partial charge in [-0.15, -0.1) is 0 Å². The number of hydrogen-bond donors (Lipinski definition) is 2. The Morgan fingerprint density at radius 2 is 2.24 bits per heavy atom. The molecule has 25 heavy (non-hydrogen) atoms. The molecule has 4 heterocycles. The average molecular weight is 333 g/mol. The Kier molecular flexibility index (Phi) is 3.41. The van der Waals surface area contributed by atoms with E-state index >= 15 is 0 Å². The minimum Gasteiger partial charge on any atom is -0.361 e. The zero-order chi connectivity index (χ0) is 16.8. The van der Waals surface area contributed by atoms with Crippen LogP contribution in [0.5, 0.6) is 0 Å². The van der Waals surface area contributed by atoms with Crippen molar-refractivity contribution in [2.75, 3.05) is 30.5 Å². The van der Waals surface area contributed by atoms with Crippen LogP contribution in [0.3, 0.4) is 0 Å². The summed E-state index contributed by atoms with van der Waals surface area (Å²) in [5.41, 5.74) is 5.01. The predicted octanol–water partition coefficient (Wildman–Crippen LogP) is 3.72. The van der Waals surface area contributed by atoms with E-state index in [9.17, 15) is 0 Å². The molecule has 5 nitrogen and oxygen atoms in total. The van der Waals surface area contributed by atoms with E-state index < -0.39 is 0 Å². The lowest BCUT2D eigenvalue weighted by molar-refractivity contribution is 0.310. The van der Waals surface area contributed by atoms with Crippen LogP contribution in [0.2, 0.25) is 0 Å². The average Bonchev–Trinajstić information content (AvgIpc) is 3.34. The van der Waals surface area contributed by atoms with E-state index in [1.807, 2.05) is 12.3 Å². The van der Waals surface area contributed by atoms with Crippen LogP contribution >= 0.6 is 0 Å². The molecule has 0 saturated carbocycles. The van der Waals surface area contributed by atoms with Gasteiger partial charge in [0.25, 0.3) is 0 Å². The Balaban J connectivity index is 1.50. The number of anilines is 3. The van der Waals surface area contributed by atoms with E-state index in [2.05, 4.69) is 62.6 Å². The zero-order valence-electron chi connectivity index (χ0n) is 14.5. The van der Waals surface area contributed by atoms with Crippen LogP contribution in [0.15, 0.2) is 42.7 Å². The molecule has 0 aliphatic carbocycles. The summed E-state index contributed by atoms with van der Waals surface area (Å²) in [6, 6.07) is 11.5. The zero-order valence-corrected chi connectivity index (χ0v) is 14.5. The maximum atomic E-state index is 4.42. The minimum atomic E-state index is 0.668. The van der Waals surface area contributed by atoms with Gasteiger partial charge in [0.05, 0.1) is 12.4 Å². The lowest BCUT2D eigenvalue weighted by Gasteiger charge is -2.20. The summed E-state index contributed by atoms with van der Waals surface area (Å²) in [4.78, 5) is 12.7. The number of nitrogens with zero attached hydrogens (tertiary/aromatic N) is 3. The third-order valence-electron chi connectivity index (χ3n) is 5.67. The van der Waals surface area contributed by atoms with E-state index in [0.717, 1.165) is 24.6 Å². The summed E-state index contributed by atoms with van der Waals surface area (Å²) >= 11 is 0. The maximum Gasteiger partial charge on any atom is 0.151 e. The van der Waals surface area contributed by atoms with Crippen LogP contribution in [-0.2, 0) is 6.42 Å². The molecule has 2 aliphatic heterocycles. The molecule has 5 rings (SSSR count). The standard InChI is InChI=1S/C20H23N5/c1-24-9-3-4-15(24)10-14-12-22-18-7-6-16(11-17(14)18)25-13-23-20-19(25)5-2-8-21-20/h2,5-8,11-12,15,22H,3-4,9-10,13H2,1H3,(H,21,23)/t15-/m1/s1. The summed E-state index contributed by atoms with van der Waals surface area (Å²) in [6.07, 6.45) is 7.77. The fourth-order valence-electron chi connectivity index (χ4n) is 4.21. The number of benzene rings is 1. The van der Waals surface area contributed by atoms with E-state index in [4.69, 9.17) is 0 Å². The van der Waals surface area contributed by atoms with Gasteiger partial charge in [0.1, 0.15) is 0 Å². The maximum absolute atomic E-state index is 4.42. The van der Waals surface area contributed by atoms with Gasteiger partial charge in [-0.25, -0.2) is 4.98 Å². The molecule has 128 valence electrons. The Morgan fingerprint density at radius 1 is 1.28 bits per heavy atom. The first-order valence-electron chi connectivity index (χ1n) is 9.06. The molecule has 3 aromatic rings. The molecule has 2 aliphatic rings. The number of fused-ring (bicyclic) bond motifs is 2. The van der Waals surface area contributed by atoms with Gasteiger partial charge in [-0.2, -0.15) is 0 Å². The largest absolute Gasteiger partial charge is 0.361 e. The summed E-state index contributed by atoms with van der Waals surface area (Å²) < 4.78 is 0. The molecular weight excluding hydrogens is 310 g/mol. The molecule has 1 saturated heterocycles. The topological polar surface area (TPSA) is 47.2 Å². The lowest BCUT2D eigenvalue weighted by atomic mass is 10.0. The number of likely N-dealkylation sites (N-methyl/N-ethyl adjacent to an activating group) is 1. The van der Waals surface area contributed by atoms with Crippen molar-refractivity contribution in [2.45, 2.75) is 25.3 Å². The van der Waals surface area contributed by atoms with E-state index in [1.54, 1.807) is 0 Å². The number of pyridine rings is 1. The van der Waals surface area contributed by atoms with E-state index in [0.29, 0.717) is 6.04 Å². The van der Waals surface area contributed by atoms with Crippen LogP contribution in [0.1, 0.15) is 18.4 Å². The van der Waals surface area contributed by atoms with Crippen LogP contribution in [0.4, 0.5) is 17.2 Å². The molecule has 2 aromatic heterocycles. The number of H-pyrrole nitrogens is 1. The number of hydrogen-bond acceptors (Lipinski definition) is 4. The van der Waals surface area contributed by atoms with Gasteiger partial charge < -0.3 is 20.1 Å². The van der Waals surface area contributed by atoms with Crippen molar-refractivity contribution in [1.82, 2.24) is 14.9 Å². The highest BCUT2D eigenvalue weighted by molar-refractivity contribution is 5.89. The summed E-state index contributed by atoms with van der Waals surface area (Å²) in [5, 5.41) is 4.71. The van der Waals surface area contributed by atoms with Gasteiger partial charge in [0.15, 0.2) is 5.82 Å². The van der Waals surface area contributed by atoms with Crippen molar-refractivity contribution >= 4 is 28.1 Å². The summed E-state index contributed by atoms with van der Waals surface area (Å²) in [7, 11) is 2.25. The highest BCUT2D eigenvalue weighted by atomic mass is 15.3. The van der Waals surface area contributed by atoms with Gasteiger partial charge in [0, 0.05) is 35.0 Å². The van der Waals surface area contributed by atoms with Crippen molar-refractivity contribution in [3.63, 3.8) is 0 Å². The Morgan fingerprint density at radius 3 is 3.12 bits per heavy atom. The van der Waals surface area contributed by atoms with Gasteiger partial charge in [-0.1, -0.05) is 0 Å². The quantitative estimate of drug-likeness (QED) is 0.767. The SMILES string of the molecule is CN1CCC[C@@H]1Cc1c[nH]c2ccc(N3CNc4ncccc43)cc12. The number of aromatic nitrogens is 2. The van der Waals surface area contributed by atoms with Crippen molar-refractivity contribution in [1.29, 1.82) is 0 Å². The van der Waals surface area contributed by atoms with Crippen molar-refractivity contribution in [2.24, 2.45) is 0 Å². The molecule has 1 aromatic carbocycles. The number of nitrogens with one attached hydrogen (secondary N) is 2. The van der Waals surface area contributed by atoms with Crippen LogP contribution in [0.25, 0.3) is 10.9 Å². The monoisotopic (exact) mass is 333 g/mol. The third kappa shape index (κ3) is 2.46. The van der Waals surface area contributed by atoms with Crippen LogP contribution in [-0.4, -0.2) is 41.2 Å². The second-order valence-electron chi connectivity index (χ2n) is 7.16. The molecule has 0 unspecified atom stereocenters. The molecule has 0 radical (unpaired) electrons. The Labute approximate surface area is 147 Å². The fraction of sp³-hybridized carbons (Fsp3) is 0.350. The smallest absolute Gasteiger partial charge is 0.151 e. The van der Waals surface area contributed by atoms with E-state index in [-0.39, 0.29) is 0 Å². The molecule has 1 fully saturated rings. The molecule has 1 atom stereocenters. The van der Waals surface area contributed by atoms with Crippen LogP contribution < -0.4 is 10.2 Å². The third-order valence-corrected chi connectivity index (χ3v) is 5.67. The Bertz CT molecular complexity index is 915.